The normalized spacial score (nSPS) is 14.8. The maximum atomic E-state index is 13.3. The lowest BCUT2D eigenvalue weighted by Gasteiger charge is -2.22. The van der Waals surface area contributed by atoms with Gasteiger partial charge in [0.15, 0.2) is 5.65 Å². The molecule has 0 aliphatic carbocycles. The molecule has 0 saturated carbocycles. The van der Waals surface area contributed by atoms with Gasteiger partial charge in [-0.05, 0) is 43.2 Å². The Hall–Kier alpha value is -4.80. The Morgan fingerprint density at radius 2 is 1.95 bits per heavy atom. The molecular weight excluding hydrogens is 510 g/mol. The van der Waals surface area contributed by atoms with Gasteiger partial charge in [-0.3, -0.25) is 9.59 Å². The van der Waals surface area contributed by atoms with Gasteiger partial charge in [0.25, 0.3) is 5.91 Å². The van der Waals surface area contributed by atoms with Crippen LogP contribution in [0.15, 0.2) is 60.8 Å². The van der Waals surface area contributed by atoms with Crippen molar-refractivity contribution in [2.75, 3.05) is 44.6 Å². The van der Waals surface area contributed by atoms with Gasteiger partial charge in [0.2, 0.25) is 5.91 Å². The number of para-hydroxylation sites is 2. The summed E-state index contributed by atoms with van der Waals surface area (Å²) in [7, 11) is 5.32. The summed E-state index contributed by atoms with van der Waals surface area (Å²) in [5.74, 6) is 2.21. The molecule has 0 spiro atoms. The van der Waals surface area contributed by atoms with Crippen LogP contribution in [-0.4, -0.2) is 71.7 Å². The van der Waals surface area contributed by atoms with Crippen molar-refractivity contribution in [3.63, 3.8) is 0 Å². The molecular formula is C29H33N7O4. The maximum absolute atomic E-state index is 13.3. The van der Waals surface area contributed by atoms with Crippen molar-refractivity contribution in [3.8, 4) is 11.5 Å². The number of nitrogens with one attached hydrogen (secondary N) is 2. The molecule has 208 valence electrons. The summed E-state index contributed by atoms with van der Waals surface area (Å²) >= 11 is 0. The van der Waals surface area contributed by atoms with E-state index in [9.17, 15) is 9.59 Å². The van der Waals surface area contributed by atoms with E-state index in [1.807, 2.05) is 73.5 Å². The summed E-state index contributed by atoms with van der Waals surface area (Å²) in [5, 5.41) is 10.7. The zero-order chi connectivity index (χ0) is 28.2. The Labute approximate surface area is 232 Å². The predicted molar refractivity (Wildman–Crippen MR) is 152 cm³/mol. The molecule has 5 rings (SSSR count). The lowest BCUT2D eigenvalue weighted by atomic mass is 10.2. The summed E-state index contributed by atoms with van der Waals surface area (Å²) in [6, 6.07) is 16.8. The minimum atomic E-state index is -0.566. The maximum Gasteiger partial charge on any atom is 0.257 e. The zero-order valence-electron chi connectivity index (χ0n) is 23.0. The number of benzene rings is 2. The first-order chi connectivity index (χ1) is 19.4. The SMILES string of the molecule is CCOc1ccccc1Nc1cc(N(C)Cc2ccc(OC)cc2)n2ncc(C(=O)N[C@@H]3CCN(C)C3=O)c2n1. The fourth-order valence-electron chi connectivity index (χ4n) is 4.71. The monoisotopic (exact) mass is 543 g/mol. The molecule has 11 heteroatoms. The fraction of sp³-hybridized carbons (Fsp3) is 0.310. The van der Waals surface area contributed by atoms with Crippen LogP contribution >= 0.6 is 0 Å². The zero-order valence-corrected chi connectivity index (χ0v) is 23.0. The Bertz CT molecular complexity index is 1520. The highest BCUT2D eigenvalue weighted by atomic mass is 16.5. The van der Waals surface area contributed by atoms with Crippen LogP contribution in [0.4, 0.5) is 17.3 Å². The second-order valence-corrected chi connectivity index (χ2v) is 9.63. The van der Waals surface area contributed by atoms with E-state index in [0.29, 0.717) is 49.1 Å². The van der Waals surface area contributed by atoms with Crippen molar-refractivity contribution < 1.29 is 19.1 Å². The number of amides is 2. The molecule has 3 heterocycles. The lowest BCUT2D eigenvalue weighted by molar-refractivity contribution is -0.128. The third-order valence-electron chi connectivity index (χ3n) is 6.85. The first kappa shape index (κ1) is 26.8. The van der Waals surface area contributed by atoms with Crippen LogP contribution in [0.25, 0.3) is 5.65 Å². The summed E-state index contributed by atoms with van der Waals surface area (Å²) in [6.07, 6.45) is 2.05. The van der Waals surface area contributed by atoms with Gasteiger partial charge in [-0.2, -0.15) is 9.61 Å². The molecule has 4 aromatic rings. The van der Waals surface area contributed by atoms with Crippen LogP contribution in [0, 0.1) is 0 Å². The van der Waals surface area contributed by atoms with Gasteiger partial charge in [0.1, 0.15) is 34.7 Å². The number of anilines is 3. The molecule has 11 nitrogen and oxygen atoms in total. The number of rotatable bonds is 10. The van der Waals surface area contributed by atoms with Crippen LogP contribution in [-0.2, 0) is 11.3 Å². The Balaban J connectivity index is 1.52. The molecule has 1 saturated heterocycles. The minimum Gasteiger partial charge on any atom is -0.497 e. The minimum absolute atomic E-state index is 0.104. The van der Waals surface area contributed by atoms with E-state index in [1.165, 1.54) is 6.20 Å². The second-order valence-electron chi connectivity index (χ2n) is 9.63. The van der Waals surface area contributed by atoms with Gasteiger partial charge in [-0.15, -0.1) is 0 Å². The van der Waals surface area contributed by atoms with Crippen LogP contribution in [0.2, 0.25) is 0 Å². The van der Waals surface area contributed by atoms with E-state index in [0.717, 1.165) is 17.0 Å². The number of carbonyl (C=O) groups excluding carboxylic acids is 2. The second kappa shape index (κ2) is 11.5. The van der Waals surface area contributed by atoms with Gasteiger partial charge < -0.3 is 29.9 Å². The van der Waals surface area contributed by atoms with Gasteiger partial charge in [0.05, 0.1) is 25.6 Å². The van der Waals surface area contributed by atoms with E-state index < -0.39 is 11.9 Å². The topological polar surface area (TPSA) is 113 Å². The smallest absolute Gasteiger partial charge is 0.257 e. The summed E-state index contributed by atoms with van der Waals surface area (Å²) in [5.41, 5.74) is 2.46. The summed E-state index contributed by atoms with van der Waals surface area (Å²) in [4.78, 5) is 34.2. The van der Waals surface area contributed by atoms with E-state index in [1.54, 1.807) is 23.6 Å². The highest BCUT2D eigenvalue weighted by Crippen LogP contribution is 2.30. The average Bonchev–Trinajstić information content (AvgIpc) is 3.53. The van der Waals surface area contributed by atoms with Gasteiger partial charge in [0, 0.05) is 33.3 Å². The lowest BCUT2D eigenvalue weighted by Crippen LogP contribution is -2.40. The highest BCUT2D eigenvalue weighted by Gasteiger charge is 2.31. The van der Waals surface area contributed by atoms with E-state index in [4.69, 9.17) is 14.5 Å². The van der Waals surface area contributed by atoms with Crippen molar-refractivity contribution in [1.29, 1.82) is 0 Å². The van der Waals surface area contributed by atoms with Crippen molar-refractivity contribution >= 4 is 34.8 Å². The first-order valence-electron chi connectivity index (χ1n) is 13.2. The van der Waals surface area contributed by atoms with Crippen LogP contribution < -0.4 is 25.0 Å². The van der Waals surface area contributed by atoms with Gasteiger partial charge in [-0.25, -0.2) is 4.98 Å². The average molecular weight is 544 g/mol. The summed E-state index contributed by atoms with van der Waals surface area (Å²) in [6.45, 7) is 3.62. The number of likely N-dealkylation sites (N-methyl/N-ethyl adjacent to an activating group) is 1. The largest absolute Gasteiger partial charge is 0.497 e. The van der Waals surface area contributed by atoms with E-state index in [2.05, 4.69) is 15.7 Å². The Kier molecular flexibility index (Phi) is 7.72. The molecule has 0 bridgehead atoms. The quantitative estimate of drug-likeness (QED) is 0.313. The molecule has 40 heavy (non-hydrogen) atoms. The molecule has 2 aromatic heterocycles. The molecule has 0 radical (unpaired) electrons. The number of ether oxygens (including phenoxy) is 2. The Morgan fingerprint density at radius 3 is 2.65 bits per heavy atom. The number of aromatic nitrogens is 3. The van der Waals surface area contributed by atoms with E-state index in [-0.39, 0.29) is 11.5 Å². The molecule has 2 aromatic carbocycles. The van der Waals surface area contributed by atoms with Crippen molar-refractivity contribution in [1.82, 2.24) is 24.8 Å². The third-order valence-corrected chi connectivity index (χ3v) is 6.85. The molecule has 2 amide bonds. The van der Waals surface area contributed by atoms with Crippen molar-refractivity contribution in [2.45, 2.75) is 25.9 Å². The number of hydrogen-bond acceptors (Lipinski definition) is 8. The third kappa shape index (κ3) is 5.49. The number of likely N-dealkylation sites (tertiary alicyclic amines) is 1. The molecule has 1 aliphatic heterocycles. The highest BCUT2D eigenvalue weighted by molar-refractivity contribution is 6.02. The number of nitrogens with zero attached hydrogens (tertiary/aromatic N) is 5. The predicted octanol–water partition coefficient (Wildman–Crippen LogP) is 3.48. The first-order valence-corrected chi connectivity index (χ1v) is 13.2. The van der Waals surface area contributed by atoms with Crippen molar-refractivity contribution in [3.05, 3.63) is 71.9 Å². The number of carbonyl (C=O) groups is 2. The molecule has 1 atom stereocenters. The molecule has 1 aliphatic rings. The number of methoxy groups -OCH3 is 1. The van der Waals surface area contributed by atoms with Crippen LogP contribution in [0.5, 0.6) is 11.5 Å². The van der Waals surface area contributed by atoms with Crippen molar-refractivity contribution in [2.24, 2.45) is 0 Å². The van der Waals surface area contributed by atoms with Gasteiger partial charge in [-0.1, -0.05) is 24.3 Å². The number of hydrogen-bond donors (Lipinski definition) is 2. The molecule has 0 unspecified atom stereocenters. The fourth-order valence-corrected chi connectivity index (χ4v) is 4.71. The Morgan fingerprint density at radius 1 is 1.18 bits per heavy atom. The van der Waals surface area contributed by atoms with E-state index >= 15 is 0 Å². The standard InChI is InChI=1S/C29H33N7O4/c1-5-40-24-9-7-6-8-22(24)31-25-16-26(35(3)18-19-10-12-20(39-4)13-11-19)36-27(33-25)21(17-30-36)28(37)32-23-14-15-34(2)29(23)38/h6-13,16-17,23H,5,14-15,18H2,1-4H3,(H,31,33)(H,32,37)/t23-/m1/s1. The molecule has 1 fully saturated rings. The number of fused-ring (bicyclic) bond motifs is 1. The molecule has 2 N–H and O–H groups in total. The van der Waals surface area contributed by atoms with Crippen LogP contribution in [0.1, 0.15) is 29.3 Å². The summed E-state index contributed by atoms with van der Waals surface area (Å²) < 4.78 is 12.7. The van der Waals surface area contributed by atoms with Gasteiger partial charge >= 0.3 is 0 Å². The van der Waals surface area contributed by atoms with Crippen LogP contribution in [0.3, 0.4) is 0 Å².